The number of hydrogen-bond donors (Lipinski definition) is 2. The number of carbonyl (C=O) groups is 3. The Hall–Kier alpha value is -3.00. The molecular weight excluding hydrogens is 396 g/mol. The number of nitrogens with zero attached hydrogens (tertiary/aromatic N) is 2. The van der Waals surface area contributed by atoms with Crippen molar-refractivity contribution in [2.24, 2.45) is 5.92 Å². The molecule has 1 saturated heterocycles. The standard InChI is InChI=1S/C23H28N4O4/c1-15(2)12-18(22(30)26-23-9-3-4-20(23)31-13-19(23)28)25-21(29)16-5-7-17(8-6-16)27-11-10-24-14-27/h5-8,10-11,14-15,18,20H,3-4,9,12-13H2,1-2H3,(H,25,29)(H,26,30). The smallest absolute Gasteiger partial charge is 0.251 e. The molecule has 2 N–H and O–H groups in total. The first-order valence-corrected chi connectivity index (χ1v) is 10.8. The van der Waals surface area contributed by atoms with E-state index in [0.717, 1.165) is 18.5 Å². The van der Waals surface area contributed by atoms with E-state index in [4.69, 9.17) is 4.74 Å². The van der Waals surface area contributed by atoms with Gasteiger partial charge in [-0.1, -0.05) is 13.8 Å². The number of carbonyl (C=O) groups excluding carboxylic acids is 3. The van der Waals surface area contributed by atoms with Crippen LogP contribution in [0.15, 0.2) is 43.0 Å². The first kappa shape index (κ1) is 21.2. The van der Waals surface area contributed by atoms with E-state index in [0.29, 0.717) is 18.4 Å². The second-order valence-corrected chi connectivity index (χ2v) is 8.75. The Kier molecular flexibility index (Phi) is 5.91. The maximum Gasteiger partial charge on any atom is 0.251 e. The molecule has 31 heavy (non-hydrogen) atoms. The lowest BCUT2D eigenvalue weighted by Gasteiger charge is -2.30. The minimum atomic E-state index is -0.941. The number of ether oxygens (including phenoxy) is 1. The summed E-state index contributed by atoms with van der Waals surface area (Å²) < 4.78 is 7.43. The Bertz CT molecular complexity index is 954. The number of imidazole rings is 1. The first-order valence-electron chi connectivity index (χ1n) is 10.8. The number of aromatic nitrogens is 2. The van der Waals surface area contributed by atoms with E-state index in [-0.39, 0.29) is 36.2 Å². The Labute approximate surface area is 181 Å². The molecule has 0 bridgehead atoms. The van der Waals surface area contributed by atoms with Gasteiger partial charge in [-0.25, -0.2) is 4.98 Å². The van der Waals surface area contributed by atoms with Gasteiger partial charge in [-0.15, -0.1) is 0 Å². The molecule has 2 aliphatic rings. The normalized spacial score (nSPS) is 23.6. The summed E-state index contributed by atoms with van der Waals surface area (Å²) in [6.45, 7) is 4.02. The topological polar surface area (TPSA) is 102 Å². The fourth-order valence-electron chi connectivity index (χ4n) is 4.48. The molecule has 2 aromatic rings. The number of fused-ring (bicyclic) bond motifs is 1. The maximum atomic E-state index is 13.2. The van der Waals surface area contributed by atoms with Crippen molar-refractivity contribution in [1.82, 2.24) is 20.2 Å². The Morgan fingerprint density at radius 2 is 2.06 bits per heavy atom. The van der Waals surface area contributed by atoms with Crippen molar-refractivity contribution in [1.29, 1.82) is 0 Å². The fraction of sp³-hybridized carbons (Fsp3) is 0.478. The first-order chi connectivity index (χ1) is 14.9. The summed E-state index contributed by atoms with van der Waals surface area (Å²) in [5, 5.41) is 5.82. The average Bonchev–Trinajstić information content (AvgIpc) is 3.47. The second-order valence-electron chi connectivity index (χ2n) is 8.75. The van der Waals surface area contributed by atoms with Gasteiger partial charge in [0.15, 0.2) is 5.78 Å². The van der Waals surface area contributed by atoms with Crippen molar-refractivity contribution in [2.45, 2.75) is 57.2 Å². The third kappa shape index (κ3) is 4.25. The predicted octanol–water partition coefficient (Wildman–Crippen LogP) is 2.02. The molecule has 3 unspecified atom stereocenters. The molecule has 1 aliphatic heterocycles. The third-order valence-corrected chi connectivity index (χ3v) is 6.11. The molecule has 3 atom stereocenters. The van der Waals surface area contributed by atoms with E-state index in [1.54, 1.807) is 24.7 Å². The van der Waals surface area contributed by atoms with Crippen molar-refractivity contribution >= 4 is 17.6 Å². The molecule has 2 amide bonds. The minimum absolute atomic E-state index is 0.0371. The molecule has 0 spiro atoms. The zero-order valence-corrected chi connectivity index (χ0v) is 17.8. The van der Waals surface area contributed by atoms with Gasteiger partial charge in [0, 0.05) is 23.6 Å². The van der Waals surface area contributed by atoms with Gasteiger partial charge < -0.3 is 19.9 Å². The van der Waals surface area contributed by atoms with Gasteiger partial charge in [0.05, 0.1) is 12.4 Å². The van der Waals surface area contributed by atoms with Crippen molar-refractivity contribution < 1.29 is 19.1 Å². The van der Waals surface area contributed by atoms with Crippen LogP contribution in [0, 0.1) is 5.92 Å². The van der Waals surface area contributed by atoms with E-state index in [1.807, 2.05) is 36.7 Å². The SMILES string of the molecule is CC(C)CC(NC(=O)c1ccc(-n2ccnc2)cc1)C(=O)NC12CCCC1OCC2=O. The summed E-state index contributed by atoms with van der Waals surface area (Å²) in [7, 11) is 0. The van der Waals surface area contributed by atoms with Crippen LogP contribution in [0.5, 0.6) is 0 Å². The van der Waals surface area contributed by atoms with E-state index in [2.05, 4.69) is 15.6 Å². The van der Waals surface area contributed by atoms with E-state index >= 15 is 0 Å². The van der Waals surface area contributed by atoms with E-state index < -0.39 is 11.6 Å². The average molecular weight is 425 g/mol. The van der Waals surface area contributed by atoms with Crippen molar-refractivity contribution in [3.05, 3.63) is 48.5 Å². The summed E-state index contributed by atoms with van der Waals surface area (Å²) in [5.41, 5.74) is 0.406. The fourth-order valence-corrected chi connectivity index (χ4v) is 4.48. The molecule has 8 heteroatoms. The molecular formula is C23H28N4O4. The summed E-state index contributed by atoms with van der Waals surface area (Å²) in [5.74, 6) is -0.546. The molecule has 0 radical (unpaired) electrons. The quantitative estimate of drug-likeness (QED) is 0.708. The van der Waals surface area contributed by atoms with Gasteiger partial charge in [-0.2, -0.15) is 0 Å². The summed E-state index contributed by atoms with van der Waals surface area (Å²) in [6.07, 6.45) is 7.57. The highest BCUT2D eigenvalue weighted by Crippen LogP contribution is 2.37. The van der Waals surface area contributed by atoms with Crippen LogP contribution in [-0.2, 0) is 14.3 Å². The molecule has 164 valence electrons. The molecule has 1 aromatic carbocycles. The third-order valence-electron chi connectivity index (χ3n) is 6.11. The predicted molar refractivity (Wildman–Crippen MR) is 114 cm³/mol. The molecule has 1 aromatic heterocycles. The van der Waals surface area contributed by atoms with Crippen LogP contribution in [0.4, 0.5) is 0 Å². The number of ketones is 1. The number of rotatable bonds is 7. The van der Waals surface area contributed by atoms with Crippen LogP contribution in [0.25, 0.3) is 5.69 Å². The second kappa shape index (κ2) is 8.63. The maximum absolute atomic E-state index is 13.2. The lowest BCUT2D eigenvalue weighted by atomic mass is 9.91. The van der Waals surface area contributed by atoms with Gasteiger partial charge >= 0.3 is 0 Å². The zero-order chi connectivity index (χ0) is 22.0. The van der Waals surface area contributed by atoms with E-state index in [1.165, 1.54) is 0 Å². The van der Waals surface area contributed by atoms with Crippen LogP contribution >= 0.6 is 0 Å². The number of Topliss-reactive ketones (excluding diaryl/α,β-unsaturated/α-hetero) is 1. The van der Waals surface area contributed by atoms with Gasteiger partial charge in [0.2, 0.25) is 5.91 Å². The highest BCUT2D eigenvalue weighted by molar-refractivity contribution is 6.00. The van der Waals surface area contributed by atoms with Crippen molar-refractivity contribution in [2.75, 3.05) is 6.61 Å². The Morgan fingerprint density at radius 1 is 1.29 bits per heavy atom. The van der Waals surface area contributed by atoms with Crippen LogP contribution in [0.1, 0.15) is 49.9 Å². The number of nitrogens with one attached hydrogen (secondary N) is 2. The zero-order valence-electron chi connectivity index (χ0n) is 17.8. The summed E-state index contributed by atoms with van der Waals surface area (Å²) >= 11 is 0. The van der Waals surface area contributed by atoms with Crippen molar-refractivity contribution in [3.63, 3.8) is 0 Å². The lowest BCUT2D eigenvalue weighted by Crippen LogP contribution is -2.60. The Morgan fingerprint density at radius 3 is 2.74 bits per heavy atom. The molecule has 1 saturated carbocycles. The minimum Gasteiger partial charge on any atom is -0.367 e. The van der Waals surface area contributed by atoms with Gasteiger partial charge in [0.25, 0.3) is 5.91 Å². The van der Waals surface area contributed by atoms with Crippen LogP contribution in [0.3, 0.4) is 0 Å². The monoisotopic (exact) mass is 424 g/mol. The molecule has 2 heterocycles. The number of benzene rings is 1. The largest absolute Gasteiger partial charge is 0.367 e. The molecule has 4 rings (SSSR count). The summed E-state index contributed by atoms with van der Waals surface area (Å²) in [4.78, 5) is 42.5. The highest BCUT2D eigenvalue weighted by Gasteiger charge is 2.55. The number of amides is 2. The molecule has 1 aliphatic carbocycles. The van der Waals surface area contributed by atoms with E-state index in [9.17, 15) is 14.4 Å². The van der Waals surface area contributed by atoms with Crippen molar-refractivity contribution in [3.8, 4) is 5.69 Å². The highest BCUT2D eigenvalue weighted by atomic mass is 16.5. The van der Waals surface area contributed by atoms with Crippen LogP contribution in [0.2, 0.25) is 0 Å². The molecule has 2 fully saturated rings. The number of hydrogen-bond acceptors (Lipinski definition) is 5. The lowest BCUT2D eigenvalue weighted by molar-refractivity contribution is -0.131. The van der Waals surface area contributed by atoms with Gasteiger partial charge in [-0.3, -0.25) is 14.4 Å². The van der Waals surface area contributed by atoms with Gasteiger partial charge in [0.1, 0.15) is 18.2 Å². The Balaban J connectivity index is 1.47. The molecule has 8 nitrogen and oxygen atoms in total. The summed E-state index contributed by atoms with van der Waals surface area (Å²) in [6, 6.07) is 6.35. The van der Waals surface area contributed by atoms with Crippen LogP contribution < -0.4 is 10.6 Å². The van der Waals surface area contributed by atoms with Crippen LogP contribution in [-0.4, -0.2) is 51.4 Å². The van der Waals surface area contributed by atoms with Gasteiger partial charge in [-0.05, 0) is 55.9 Å².